The van der Waals surface area contributed by atoms with Crippen LogP contribution in [0.1, 0.15) is 11.1 Å². The fraction of sp³-hybridized carbons (Fsp3) is 0.333. The summed E-state index contributed by atoms with van der Waals surface area (Å²) in [7, 11) is 1.32. The van der Waals surface area contributed by atoms with Crippen molar-refractivity contribution >= 4 is 51.6 Å². The van der Waals surface area contributed by atoms with Crippen molar-refractivity contribution in [2.24, 2.45) is 4.99 Å². The van der Waals surface area contributed by atoms with Gasteiger partial charge >= 0.3 is 0 Å². The lowest BCUT2D eigenvalue weighted by atomic mass is 10.2. The van der Waals surface area contributed by atoms with Gasteiger partial charge in [0.25, 0.3) is 0 Å². The zero-order chi connectivity index (χ0) is 19.9. The second kappa shape index (κ2) is 11.5. The predicted octanol–water partition coefficient (Wildman–Crippen LogP) is 2.51. The maximum absolute atomic E-state index is 12.1. The quantitative estimate of drug-likeness (QED) is 0.245. The van der Waals surface area contributed by atoms with E-state index in [1.54, 1.807) is 43.6 Å². The minimum absolute atomic E-state index is 0. The molecule has 1 heterocycles. The number of aromatic nitrogens is 1. The number of halogens is 2. The van der Waals surface area contributed by atoms with Crippen molar-refractivity contribution in [2.45, 2.75) is 17.9 Å². The third-order valence-corrected chi connectivity index (χ3v) is 5.93. The molecule has 2 rings (SSSR count). The van der Waals surface area contributed by atoms with Crippen molar-refractivity contribution in [1.29, 1.82) is 0 Å². The number of rotatable bonds is 7. The SMILES string of the molecule is CN=C(NCCc1ccc(Cl)nc1)NCc1ccc(S(=O)(=O)N(C)C)cc1.I. The molecule has 7 nitrogen and oxygen atoms in total. The number of hydrogen-bond acceptors (Lipinski definition) is 4. The maximum atomic E-state index is 12.1. The van der Waals surface area contributed by atoms with Crippen molar-refractivity contribution in [3.8, 4) is 0 Å². The summed E-state index contributed by atoms with van der Waals surface area (Å²) in [5.41, 5.74) is 2.04. The van der Waals surface area contributed by atoms with Crippen LogP contribution < -0.4 is 10.6 Å². The molecule has 28 heavy (non-hydrogen) atoms. The first kappa shape index (κ1) is 24.6. The first-order chi connectivity index (χ1) is 12.8. The summed E-state index contributed by atoms with van der Waals surface area (Å²) < 4.78 is 25.4. The van der Waals surface area contributed by atoms with Crippen LogP contribution in [0.4, 0.5) is 0 Å². The molecule has 0 fully saturated rings. The Kier molecular flexibility index (Phi) is 10.1. The van der Waals surface area contributed by atoms with Gasteiger partial charge in [-0.1, -0.05) is 29.8 Å². The van der Waals surface area contributed by atoms with Crippen molar-refractivity contribution in [2.75, 3.05) is 27.7 Å². The first-order valence-electron chi connectivity index (χ1n) is 8.39. The minimum Gasteiger partial charge on any atom is -0.356 e. The van der Waals surface area contributed by atoms with E-state index in [0.717, 1.165) is 17.5 Å². The predicted molar refractivity (Wildman–Crippen MR) is 124 cm³/mol. The molecule has 0 radical (unpaired) electrons. The highest BCUT2D eigenvalue weighted by molar-refractivity contribution is 14.0. The van der Waals surface area contributed by atoms with E-state index in [-0.39, 0.29) is 28.9 Å². The molecule has 0 spiro atoms. The van der Waals surface area contributed by atoms with Crippen molar-refractivity contribution in [3.05, 3.63) is 58.9 Å². The summed E-state index contributed by atoms with van der Waals surface area (Å²) in [4.78, 5) is 8.51. The third kappa shape index (κ3) is 7.19. The molecule has 0 amide bonds. The van der Waals surface area contributed by atoms with Crippen LogP contribution >= 0.6 is 35.6 Å². The molecule has 2 N–H and O–H groups in total. The zero-order valence-corrected chi connectivity index (χ0v) is 19.9. The van der Waals surface area contributed by atoms with Crippen molar-refractivity contribution in [3.63, 3.8) is 0 Å². The van der Waals surface area contributed by atoms with Gasteiger partial charge in [0, 0.05) is 40.4 Å². The number of hydrogen-bond donors (Lipinski definition) is 2. The standard InChI is InChI=1S/C18H24ClN5O2S.HI/c1-20-18(21-11-10-15-6-9-17(19)22-12-15)23-13-14-4-7-16(8-5-14)27(25,26)24(2)3;/h4-9,12H,10-11,13H2,1-3H3,(H2,20,21,23);1H. The number of nitrogens with one attached hydrogen (secondary N) is 2. The number of pyridine rings is 1. The molecule has 154 valence electrons. The largest absolute Gasteiger partial charge is 0.356 e. The Morgan fingerprint density at radius 1 is 1.11 bits per heavy atom. The summed E-state index contributed by atoms with van der Waals surface area (Å²) in [6.07, 6.45) is 2.55. The molecule has 10 heteroatoms. The van der Waals surface area contributed by atoms with E-state index in [0.29, 0.717) is 24.2 Å². The van der Waals surface area contributed by atoms with Crippen LogP contribution in [0, 0.1) is 0 Å². The Hall–Kier alpha value is -1.43. The van der Waals surface area contributed by atoms with E-state index in [1.807, 2.05) is 6.07 Å². The fourth-order valence-corrected chi connectivity index (χ4v) is 3.29. The molecule has 0 saturated heterocycles. The number of sulfonamides is 1. The number of aliphatic imine (C=N–C) groups is 1. The van der Waals surface area contributed by atoms with Gasteiger partial charge in [-0.05, 0) is 35.7 Å². The lowest BCUT2D eigenvalue weighted by molar-refractivity contribution is 0.520. The molecule has 0 saturated carbocycles. The molecule has 0 atom stereocenters. The monoisotopic (exact) mass is 537 g/mol. The molecule has 2 aromatic rings. The number of guanidine groups is 1. The van der Waals surface area contributed by atoms with E-state index in [4.69, 9.17) is 11.6 Å². The topological polar surface area (TPSA) is 86.7 Å². The van der Waals surface area contributed by atoms with Gasteiger partial charge in [-0.2, -0.15) is 0 Å². The second-order valence-electron chi connectivity index (χ2n) is 6.02. The van der Waals surface area contributed by atoms with Crippen LogP contribution in [-0.4, -0.2) is 51.4 Å². The Labute approximate surface area is 188 Å². The Bertz CT molecular complexity index is 872. The molecule has 1 aromatic heterocycles. The molecular weight excluding hydrogens is 513 g/mol. The van der Waals surface area contributed by atoms with E-state index < -0.39 is 10.0 Å². The van der Waals surface area contributed by atoms with Gasteiger partial charge in [-0.3, -0.25) is 4.99 Å². The molecule has 1 aromatic carbocycles. The van der Waals surface area contributed by atoms with E-state index >= 15 is 0 Å². The molecule has 0 aliphatic heterocycles. The zero-order valence-electron chi connectivity index (χ0n) is 16.0. The van der Waals surface area contributed by atoms with Gasteiger partial charge in [0.1, 0.15) is 5.15 Å². The molecular formula is C18H25ClIN5O2S. The molecule has 0 bridgehead atoms. The summed E-state index contributed by atoms with van der Waals surface area (Å²) in [5.74, 6) is 0.668. The average molecular weight is 538 g/mol. The van der Waals surface area contributed by atoms with Crippen molar-refractivity contribution < 1.29 is 8.42 Å². The van der Waals surface area contributed by atoms with Gasteiger partial charge in [0.15, 0.2) is 5.96 Å². The minimum atomic E-state index is -3.41. The molecule has 0 aliphatic carbocycles. The van der Waals surface area contributed by atoms with Crippen LogP contribution in [0.5, 0.6) is 0 Å². The summed E-state index contributed by atoms with van der Waals surface area (Å²) in [6, 6.07) is 10.5. The highest BCUT2D eigenvalue weighted by Crippen LogP contribution is 2.13. The number of benzene rings is 1. The van der Waals surface area contributed by atoms with E-state index in [9.17, 15) is 8.42 Å². The van der Waals surface area contributed by atoms with Gasteiger partial charge in [0.2, 0.25) is 10.0 Å². The van der Waals surface area contributed by atoms with Gasteiger partial charge in [0.05, 0.1) is 4.90 Å². The van der Waals surface area contributed by atoms with Gasteiger partial charge in [-0.25, -0.2) is 17.7 Å². The van der Waals surface area contributed by atoms with E-state index in [1.165, 1.54) is 18.4 Å². The lowest BCUT2D eigenvalue weighted by Crippen LogP contribution is -2.37. The summed E-state index contributed by atoms with van der Waals surface area (Å²) >= 11 is 5.78. The van der Waals surface area contributed by atoms with Gasteiger partial charge < -0.3 is 10.6 Å². The first-order valence-corrected chi connectivity index (χ1v) is 10.2. The fourth-order valence-electron chi connectivity index (χ4n) is 2.28. The van der Waals surface area contributed by atoms with Crippen LogP contribution in [-0.2, 0) is 23.0 Å². The van der Waals surface area contributed by atoms with Crippen LogP contribution in [0.15, 0.2) is 52.5 Å². The molecule has 0 aliphatic rings. The van der Waals surface area contributed by atoms with E-state index in [2.05, 4.69) is 20.6 Å². The average Bonchev–Trinajstić information content (AvgIpc) is 2.66. The smallest absolute Gasteiger partial charge is 0.242 e. The normalized spacial score (nSPS) is 11.8. The van der Waals surface area contributed by atoms with Crippen molar-refractivity contribution in [1.82, 2.24) is 19.9 Å². The van der Waals surface area contributed by atoms with Crippen LogP contribution in [0.25, 0.3) is 0 Å². The summed E-state index contributed by atoms with van der Waals surface area (Å²) in [5, 5.41) is 6.91. The lowest BCUT2D eigenvalue weighted by Gasteiger charge is -2.13. The van der Waals surface area contributed by atoms with Crippen LogP contribution in [0.3, 0.4) is 0 Å². The Morgan fingerprint density at radius 2 is 1.75 bits per heavy atom. The number of nitrogens with zero attached hydrogens (tertiary/aromatic N) is 3. The highest BCUT2D eigenvalue weighted by atomic mass is 127. The van der Waals surface area contributed by atoms with Crippen LogP contribution in [0.2, 0.25) is 5.15 Å². The second-order valence-corrected chi connectivity index (χ2v) is 8.56. The Balaban J connectivity index is 0.00000392. The molecule has 0 unspecified atom stereocenters. The highest BCUT2D eigenvalue weighted by Gasteiger charge is 2.16. The Morgan fingerprint density at radius 3 is 2.29 bits per heavy atom. The summed E-state index contributed by atoms with van der Waals surface area (Å²) in [6.45, 7) is 1.23. The third-order valence-electron chi connectivity index (χ3n) is 3.88. The van der Waals surface area contributed by atoms with Gasteiger partial charge in [-0.15, -0.1) is 24.0 Å². The maximum Gasteiger partial charge on any atom is 0.242 e.